The molecule has 10 heteroatoms. The molecule has 0 aliphatic carbocycles. The van der Waals surface area contributed by atoms with Crippen LogP contribution >= 0.6 is 0 Å². The van der Waals surface area contributed by atoms with E-state index in [1.54, 1.807) is 63.5 Å². The van der Waals surface area contributed by atoms with Crippen molar-refractivity contribution in [2.45, 2.75) is 39.2 Å². The molecule has 0 aliphatic heterocycles. The van der Waals surface area contributed by atoms with Gasteiger partial charge in [-0.2, -0.15) is 4.98 Å². The van der Waals surface area contributed by atoms with Gasteiger partial charge in [-0.3, -0.25) is 15.1 Å². The Morgan fingerprint density at radius 3 is 2.53 bits per heavy atom. The SMILES string of the molecule is COc1ccc(NC(=O)CCc2nc(-c3ccncc3)no2)cc1NC(=O)OC(C)(C)C. The Hall–Kier alpha value is -3.95. The highest BCUT2D eigenvalue weighted by Gasteiger charge is 2.18. The molecule has 2 N–H and O–H groups in total. The number of amides is 2. The van der Waals surface area contributed by atoms with Crippen LogP contribution in [0.4, 0.5) is 16.2 Å². The van der Waals surface area contributed by atoms with Crippen molar-refractivity contribution in [3.8, 4) is 17.1 Å². The number of aromatic nitrogens is 3. The maximum absolute atomic E-state index is 12.4. The number of ether oxygens (including phenoxy) is 2. The molecule has 32 heavy (non-hydrogen) atoms. The molecule has 0 aliphatic rings. The number of methoxy groups -OCH3 is 1. The van der Waals surface area contributed by atoms with Crippen LogP contribution in [-0.4, -0.2) is 39.8 Å². The lowest BCUT2D eigenvalue weighted by atomic mass is 10.2. The lowest BCUT2D eigenvalue weighted by Crippen LogP contribution is -2.27. The van der Waals surface area contributed by atoms with Crippen LogP contribution in [0.2, 0.25) is 0 Å². The normalized spacial score (nSPS) is 11.0. The monoisotopic (exact) mass is 439 g/mol. The molecule has 1 aromatic carbocycles. The van der Waals surface area contributed by atoms with E-state index in [-0.39, 0.29) is 18.7 Å². The number of rotatable bonds is 7. The largest absolute Gasteiger partial charge is 0.495 e. The number of hydrogen-bond acceptors (Lipinski definition) is 8. The summed E-state index contributed by atoms with van der Waals surface area (Å²) in [5.41, 5.74) is 1.00. The maximum atomic E-state index is 12.4. The van der Waals surface area contributed by atoms with Crippen molar-refractivity contribution in [3.63, 3.8) is 0 Å². The summed E-state index contributed by atoms with van der Waals surface area (Å²) in [5.74, 6) is 0.982. The summed E-state index contributed by atoms with van der Waals surface area (Å²) >= 11 is 0. The van der Waals surface area contributed by atoms with Crippen molar-refractivity contribution in [1.82, 2.24) is 15.1 Å². The van der Waals surface area contributed by atoms with E-state index < -0.39 is 11.7 Å². The van der Waals surface area contributed by atoms with E-state index >= 15 is 0 Å². The zero-order valence-electron chi connectivity index (χ0n) is 18.3. The van der Waals surface area contributed by atoms with E-state index in [1.165, 1.54) is 7.11 Å². The lowest BCUT2D eigenvalue weighted by molar-refractivity contribution is -0.116. The number of hydrogen-bond donors (Lipinski definition) is 2. The van der Waals surface area contributed by atoms with Gasteiger partial charge in [0.15, 0.2) is 0 Å². The van der Waals surface area contributed by atoms with Crippen molar-refractivity contribution < 1.29 is 23.6 Å². The molecule has 168 valence electrons. The number of nitrogens with one attached hydrogen (secondary N) is 2. The molecule has 0 radical (unpaired) electrons. The fourth-order valence-electron chi connectivity index (χ4n) is 2.72. The molecule has 3 aromatic rings. The van der Waals surface area contributed by atoms with Crippen LogP contribution in [0.15, 0.2) is 47.2 Å². The van der Waals surface area contributed by atoms with Gasteiger partial charge >= 0.3 is 6.09 Å². The van der Waals surface area contributed by atoms with Crippen molar-refractivity contribution in [3.05, 3.63) is 48.6 Å². The van der Waals surface area contributed by atoms with Crippen LogP contribution in [0, 0.1) is 0 Å². The Bertz CT molecular complexity index is 1080. The third kappa shape index (κ3) is 6.53. The predicted molar refractivity (Wildman–Crippen MR) is 117 cm³/mol. The number of pyridine rings is 1. The van der Waals surface area contributed by atoms with Crippen LogP contribution in [0.1, 0.15) is 33.1 Å². The van der Waals surface area contributed by atoms with Crippen LogP contribution in [0.25, 0.3) is 11.4 Å². The first kappa shape index (κ1) is 22.7. The Morgan fingerprint density at radius 2 is 1.84 bits per heavy atom. The predicted octanol–water partition coefficient (Wildman–Crippen LogP) is 4.06. The summed E-state index contributed by atoms with van der Waals surface area (Å²) in [7, 11) is 1.48. The highest BCUT2D eigenvalue weighted by molar-refractivity contribution is 5.93. The van der Waals surface area contributed by atoms with Crippen LogP contribution < -0.4 is 15.4 Å². The van der Waals surface area contributed by atoms with Crippen molar-refractivity contribution in [2.75, 3.05) is 17.7 Å². The van der Waals surface area contributed by atoms with Gasteiger partial charge in [-0.15, -0.1) is 0 Å². The first-order chi connectivity index (χ1) is 15.2. The minimum Gasteiger partial charge on any atom is -0.495 e. The summed E-state index contributed by atoms with van der Waals surface area (Å²) in [5, 5.41) is 9.33. The van der Waals surface area contributed by atoms with Crippen LogP contribution in [-0.2, 0) is 16.0 Å². The molecule has 2 heterocycles. The van der Waals surface area contributed by atoms with Gasteiger partial charge in [-0.25, -0.2) is 4.79 Å². The highest BCUT2D eigenvalue weighted by Crippen LogP contribution is 2.28. The van der Waals surface area contributed by atoms with Gasteiger partial charge < -0.3 is 19.3 Å². The van der Waals surface area contributed by atoms with Crippen molar-refractivity contribution in [2.24, 2.45) is 0 Å². The molecule has 3 rings (SSSR count). The fraction of sp³-hybridized carbons (Fsp3) is 0.318. The summed E-state index contributed by atoms with van der Waals surface area (Å²) in [4.78, 5) is 32.7. The second kappa shape index (κ2) is 9.90. The van der Waals surface area contributed by atoms with E-state index in [2.05, 4.69) is 25.8 Å². The summed E-state index contributed by atoms with van der Waals surface area (Å²) in [6, 6.07) is 8.45. The topological polar surface area (TPSA) is 128 Å². The molecule has 10 nitrogen and oxygen atoms in total. The fourth-order valence-corrected chi connectivity index (χ4v) is 2.72. The summed E-state index contributed by atoms with van der Waals surface area (Å²) < 4.78 is 15.7. The van der Waals surface area contributed by atoms with Gasteiger partial charge in [0.2, 0.25) is 17.6 Å². The van der Waals surface area contributed by atoms with Gasteiger partial charge in [-0.1, -0.05) is 5.16 Å². The standard InChI is InChI=1S/C22H25N5O5/c1-22(2,3)31-21(29)25-16-13-15(5-6-17(16)30-4)24-18(28)7-8-19-26-20(27-32-19)14-9-11-23-12-10-14/h5-6,9-13H,7-8H2,1-4H3,(H,24,28)(H,25,29). The summed E-state index contributed by atoms with van der Waals surface area (Å²) in [6.07, 6.45) is 3.07. The smallest absolute Gasteiger partial charge is 0.412 e. The molecule has 0 bridgehead atoms. The van der Waals surface area contributed by atoms with E-state index in [9.17, 15) is 9.59 Å². The van der Waals surface area contributed by atoms with Crippen molar-refractivity contribution in [1.29, 1.82) is 0 Å². The van der Waals surface area contributed by atoms with Gasteiger partial charge in [0.25, 0.3) is 0 Å². The minimum absolute atomic E-state index is 0.138. The zero-order chi connectivity index (χ0) is 23.1. The third-order valence-corrected chi connectivity index (χ3v) is 4.09. The first-order valence-corrected chi connectivity index (χ1v) is 9.94. The highest BCUT2D eigenvalue weighted by atomic mass is 16.6. The number of carbonyl (C=O) groups excluding carboxylic acids is 2. The average molecular weight is 439 g/mol. The molecule has 0 saturated heterocycles. The number of anilines is 2. The minimum atomic E-state index is -0.644. The Morgan fingerprint density at radius 1 is 1.09 bits per heavy atom. The molecule has 0 spiro atoms. The van der Waals surface area contributed by atoms with Gasteiger partial charge in [-0.05, 0) is 51.1 Å². The molecular weight excluding hydrogens is 414 g/mol. The van der Waals surface area contributed by atoms with Gasteiger partial charge in [0.05, 0.1) is 12.8 Å². The number of carbonyl (C=O) groups is 2. The van der Waals surface area contributed by atoms with Crippen LogP contribution in [0.5, 0.6) is 5.75 Å². The maximum Gasteiger partial charge on any atom is 0.412 e. The van der Waals surface area contributed by atoms with E-state index in [0.29, 0.717) is 28.8 Å². The molecule has 0 saturated carbocycles. The summed E-state index contributed by atoms with van der Waals surface area (Å²) in [6.45, 7) is 5.30. The molecule has 2 amide bonds. The molecule has 0 fully saturated rings. The van der Waals surface area contributed by atoms with Gasteiger partial charge in [0.1, 0.15) is 11.4 Å². The molecular formula is C22H25N5O5. The second-order valence-corrected chi connectivity index (χ2v) is 7.84. The third-order valence-electron chi connectivity index (χ3n) is 4.09. The number of aryl methyl sites for hydroxylation is 1. The average Bonchev–Trinajstić information content (AvgIpc) is 3.21. The second-order valence-electron chi connectivity index (χ2n) is 7.84. The van der Waals surface area contributed by atoms with E-state index in [4.69, 9.17) is 14.0 Å². The van der Waals surface area contributed by atoms with Crippen LogP contribution in [0.3, 0.4) is 0 Å². The lowest BCUT2D eigenvalue weighted by Gasteiger charge is -2.20. The Balaban J connectivity index is 1.59. The Kier molecular flexibility index (Phi) is 7.04. The zero-order valence-corrected chi connectivity index (χ0v) is 18.3. The number of benzene rings is 1. The number of nitrogens with zero attached hydrogens (tertiary/aromatic N) is 3. The Labute approximate surface area is 185 Å². The molecule has 0 unspecified atom stereocenters. The van der Waals surface area contributed by atoms with E-state index in [1.807, 2.05) is 0 Å². The first-order valence-electron chi connectivity index (χ1n) is 9.94. The van der Waals surface area contributed by atoms with E-state index in [0.717, 1.165) is 5.56 Å². The molecule has 0 atom stereocenters. The van der Waals surface area contributed by atoms with Gasteiger partial charge in [0, 0.05) is 36.5 Å². The molecule has 2 aromatic heterocycles. The quantitative estimate of drug-likeness (QED) is 0.564. The van der Waals surface area contributed by atoms with Crippen molar-refractivity contribution >= 4 is 23.4 Å².